The van der Waals surface area contributed by atoms with Crippen LogP contribution in [-0.2, 0) is 9.53 Å². The average molecular weight is 239 g/mol. The van der Waals surface area contributed by atoms with E-state index in [0.717, 1.165) is 6.42 Å². The largest absolute Gasteiger partial charge is 0.464 e. The van der Waals surface area contributed by atoms with E-state index >= 15 is 0 Å². The topological polar surface area (TPSA) is 55.4 Å². The van der Waals surface area contributed by atoms with Crippen LogP contribution in [0.15, 0.2) is 24.3 Å². The third kappa shape index (κ3) is 4.63. The second kappa shape index (κ2) is 6.62. The van der Waals surface area contributed by atoms with Crippen molar-refractivity contribution in [3.8, 4) is 0 Å². The van der Waals surface area contributed by atoms with Crippen molar-refractivity contribution in [2.75, 3.05) is 13.2 Å². The van der Waals surface area contributed by atoms with Gasteiger partial charge in [0.2, 0.25) is 0 Å². The average Bonchev–Trinajstić information content (AvgIpc) is 2.34. The van der Waals surface area contributed by atoms with Crippen LogP contribution in [-0.4, -0.2) is 25.0 Å². The summed E-state index contributed by atoms with van der Waals surface area (Å²) in [7, 11) is 0. The second-order valence-corrected chi connectivity index (χ2v) is 3.41. The molecule has 0 atom stereocenters. The number of halogens is 1. The summed E-state index contributed by atoms with van der Waals surface area (Å²) >= 11 is 0. The molecule has 1 aromatic rings. The van der Waals surface area contributed by atoms with Gasteiger partial charge in [-0.3, -0.25) is 9.59 Å². The fraction of sp³-hybridized carbons (Fsp3) is 0.333. The Morgan fingerprint density at radius 3 is 2.53 bits per heavy atom. The second-order valence-electron chi connectivity index (χ2n) is 3.41. The molecule has 0 saturated carbocycles. The normalized spacial score (nSPS) is 9.76. The molecule has 1 aromatic carbocycles. The number of esters is 1. The van der Waals surface area contributed by atoms with E-state index in [1.807, 2.05) is 6.92 Å². The lowest BCUT2D eigenvalue weighted by Crippen LogP contribution is -2.30. The third-order valence-electron chi connectivity index (χ3n) is 1.97. The van der Waals surface area contributed by atoms with Gasteiger partial charge in [-0.1, -0.05) is 6.92 Å². The predicted octanol–water partition coefficient (Wildman–Crippen LogP) is 1.51. The minimum atomic E-state index is -0.484. The molecule has 0 fully saturated rings. The molecule has 1 rings (SSSR count). The van der Waals surface area contributed by atoms with Crippen molar-refractivity contribution in [3.05, 3.63) is 35.6 Å². The zero-order chi connectivity index (χ0) is 12.7. The lowest BCUT2D eigenvalue weighted by Gasteiger charge is -2.05. The van der Waals surface area contributed by atoms with Crippen LogP contribution in [0, 0.1) is 5.82 Å². The minimum Gasteiger partial charge on any atom is -0.464 e. The highest BCUT2D eigenvalue weighted by Gasteiger charge is 2.08. The molecule has 0 radical (unpaired) electrons. The molecule has 0 unspecified atom stereocenters. The molecule has 0 heterocycles. The molecule has 4 nitrogen and oxygen atoms in total. The van der Waals surface area contributed by atoms with Crippen molar-refractivity contribution in [1.82, 2.24) is 5.32 Å². The van der Waals surface area contributed by atoms with Crippen LogP contribution in [0.5, 0.6) is 0 Å². The molecule has 1 N–H and O–H groups in total. The molecule has 0 aromatic heterocycles. The van der Waals surface area contributed by atoms with Gasteiger partial charge in [0.25, 0.3) is 5.91 Å². The molecule has 5 heteroatoms. The number of amides is 1. The first-order valence-electron chi connectivity index (χ1n) is 5.33. The number of hydrogen-bond acceptors (Lipinski definition) is 3. The zero-order valence-electron chi connectivity index (χ0n) is 9.53. The molecule has 0 aliphatic heterocycles. The highest BCUT2D eigenvalue weighted by atomic mass is 19.1. The van der Waals surface area contributed by atoms with E-state index in [9.17, 15) is 14.0 Å². The van der Waals surface area contributed by atoms with Crippen molar-refractivity contribution in [1.29, 1.82) is 0 Å². The van der Waals surface area contributed by atoms with E-state index in [1.54, 1.807) is 0 Å². The molecule has 0 bridgehead atoms. The quantitative estimate of drug-likeness (QED) is 0.792. The Balaban J connectivity index is 2.39. The van der Waals surface area contributed by atoms with Crippen LogP contribution in [0.25, 0.3) is 0 Å². The molecule has 1 amide bonds. The molecule has 17 heavy (non-hydrogen) atoms. The molecule has 0 spiro atoms. The summed E-state index contributed by atoms with van der Waals surface area (Å²) in [5.74, 6) is -1.33. The molecular weight excluding hydrogens is 225 g/mol. The number of nitrogens with one attached hydrogen (secondary N) is 1. The number of rotatable bonds is 5. The lowest BCUT2D eigenvalue weighted by atomic mass is 10.2. The Hall–Kier alpha value is -1.91. The zero-order valence-corrected chi connectivity index (χ0v) is 9.53. The Bertz CT molecular complexity index is 389. The van der Waals surface area contributed by atoms with Crippen molar-refractivity contribution in [2.24, 2.45) is 0 Å². The SMILES string of the molecule is CCCOC(=O)CNC(=O)c1ccc(F)cc1. The van der Waals surface area contributed by atoms with Crippen molar-refractivity contribution < 1.29 is 18.7 Å². The van der Waals surface area contributed by atoms with E-state index in [1.165, 1.54) is 24.3 Å². The highest BCUT2D eigenvalue weighted by molar-refractivity contribution is 5.95. The fourth-order valence-electron chi connectivity index (χ4n) is 1.12. The molecule has 0 aliphatic carbocycles. The first-order valence-corrected chi connectivity index (χ1v) is 5.33. The number of carbonyl (C=O) groups excluding carboxylic acids is 2. The number of ether oxygens (including phenoxy) is 1. The van der Waals surface area contributed by atoms with Crippen LogP contribution in [0.1, 0.15) is 23.7 Å². The maximum Gasteiger partial charge on any atom is 0.325 e. The Labute approximate surface area is 98.8 Å². The summed E-state index contributed by atoms with van der Waals surface area (Å²) in [6.45, 7) is 2.03. The van der Waals surface area contributed by atoms with Crippen LogP contribution in [0.3, 0.4) is 0 Å². The number of benzene rings is 1. The lowest BCUT2D eigenvalue weighted by molar-refractivity contribution is -0.142. The van der Waals surface area contributed by atoms with Gasteiger partial charge in [0.05, 0.1) is 6.61 Å². The van der Waals surface area contributed by atoms with Gasteiger partial charge in [-0.05, 0) is 30.7 Å². The van der Waals surface area contributed by atoms with Gasteiger partial charge in [0.1, 0.15) is 12.4 Å². The maximum absolute atomic E-state index is 12.6. The predicted molar refractivity (Wildman–Crippen MR) is 60.0 cm³/mol. The van der Waals surface area contributed by atoms with E-state index in [2.05, 4.69) is 5.32 Å². The van der Waals surface area contributed by atoms with Crippen LogP contribution >= 0.6 is 0 Å². The first kappa shape index (κ1) is 13.2. The van der Waals surface area contributed by atoms with Crippen LogP contribution in [0.2, 0.25) is 0 Å². The molecule has 92 valence electrons. The Kier molecular flexibility index (Phi) is 5.13. The molecule has 0 saturated heterocycles. The number of hydrogen-bond donors (Lipinski definition) is 1. The van der Waals surface area contributed by atoms with Gasteiger partial charge in [0.15, 0.2) is 0 Å². The monoisotopic (exact) mass is 239 g/mol. The van der Waals surface area contributed by atoms with Gasteiger partial charge >= 0.3 is 5.97 Å². The van der Waals surface area contributed by atoms with Gasteiger partial charge in [-0.25, -0.2) is 4.39 Å². The van der Waals surface area contributed by atoms with E-state index in [0.29, 0.717) is 12.2 Å². The van der Waals surface area contributed by atoms with Gasteiger partial charge in [-0.15, -0.1) is 0 Å². The van der Waals surface area contributed by atoms with E-state index in [-0.39, 0.29) is 6.54 Å². The minimum absolute atomic E-state index is 0.184. The van der Waals surface area contributed by atoms with Crippen LogP contribution in [0.4, 0.5) is 4.39 Å². The van der Waals surface area contributed by atoms with E-state index in [4.69, 9.17) is 4.74 Å². The van der Waals surface area contributed by atoms with Gasteiger partial charge in [-0.2, -0.15) is 0 Å². The van der Waals surface area contributed by atoms with Crippen molar-refractivity contribution >= 4 is 11.9 Å². The summed E-state index contributed by atoms with van der Waals surface area (Å²) in [6.07, 6.45) is 0.734. The summed E-state index contributed by atoms with van der Waals surface area (Å²) in [6, 6.07) is 5.07. The standard InChI is InChI=1S/C12H14FNO3/c1-2-7-17-11(15)8-14-12(16)9-3-5-10(13)6-4-9/h3-6H,2,7-8H2,1H3,(H,14,16). The smallest absolute Gasteiger partial charge is 0.325 e. The number of carbonyl (C=O) groups is 2. The van der Waals surface area contributed by atoms with Gasteiger partial charge in [0, 0.05) is 5.56 Å². The van der Waals surface area contributed by atoms with E-state index < -0.39 is 17.7 Å². The summed E-state index contributed by atoms with van der Waals surface area (Å²) in [5, 5.41) is 2.39. The molecular formula is C12H14FNO3. The Morgan fingerprint density at radius 1 is 1.29 bits per heavy atom. The van der Waals surface area contributed by atoms with Crippen LogP contribution < -0.4 is 5.32 Å². The fourth-order valence-corrected chi connectivity index (χ4v) is 1.12. The highest BCUT2D eigenvalue weighted by Crippen LogP contribution is 2.02. The summed E-state index contributed by atoms with van der Waals surface area (Å²) in [4.78, 5) is 22.6. The first-order chi connectivity index (χ1) is 8.13. The third-order valence-corrected chi connectivity index (χ3v) is 1.97. The van der Waals surface area contributed by atoms with Crippen molar-refractivity contribution in [2.45, 2.75) is 13.3 Å². The summed E-state index contributed by atoms with van der Waals surface area (Å²) < 4.78 is 17.4. The molecule has 0 aliphatic rings. The Morgan fingerprint density at radius 2 is 1.94 bits per heavy atom. The summed E-state index contributed by atoms with van der Waals surface area (Å²) in [5.41, 5.74) is 0.301. The maximum atomic E-state index is 12.6. The van der Waals surface area contributed by atoms with Gasteiger partial charge < -0.3 is 10.1 Å². The van der Waals surface area contributed by atoms with Crippen molar-refractivity contribution in [3.63, 3.8) is 0 Å².